The zero-order chi connectivity index (χ0) is 20.9. The second-order valence-electron chi connectivity index (χ2n) is 5.81. The van der Waals surface area contributed by atoms with Crippen LogP contribution in [0.1, 0.15) is 21.7 Å². The summed E-state index contributed by atoms with van der Waals surface area (Å²) in [6.07, 6.45) is 1.07. The summed E-state index contributed by atoms with van der Waals surface area (Å²) >= 11 is 0. The Balaban J connectivity index is 2.36. The minimum Gasteiger partial charge on any atom is -0.482 e. The molecule has 0 spiro atoms. The normalized spacial score (nSPS) is 11.0. The molecule has 0 radical (unpaired) electrons. The van der Waals surface area contributed by atoms with Crippen molar-refractivity contribution in [3.63, 3.8) is 0 Å². The Bertz CT molecular complexity index is 1070. The van der Waals surface area contributed by atoms with Gasteiger partial charge in [-0.15, -0.1) is 0 Å². The molecule has 9 heteroatoms. The van der Waals surface area contributed by atoms with Crippen molar-refractivity contribution in [3.05, 3.63) is 87.7 Å². The molecule has 0 aliphatic carbocycles. The number of allylic oxidation sites excluding steroid dienone is 1. The lowest BCUT2D eigenvalue weighted by atomic mass is 10.2. The maximum atomic E-state index is 12.4. The van der Waals surface area contributed by atoms with Gasteiger partial charge >= 0.3 is 5.97 Å². The van der Waals surface area contributed by atoms with Gasteiger partial charge in [-0.25, -0.2) is 17.9 Å². The molecule has 2 aromatic rings. The van der Waals surface area contributed by atoms with E-state index in [0.29, 0.717) is 0 Å². The molecule has 0 atom stereocenters. The van der Waals surface area contributed by atoms with Crippen molar-refractivity contribution >= 4 is 16.0 Å². The van der Waals surface area contributed by atoms with E-state index in [1.165, 1.54) is 11.6 Å². The zero-order valence-electron chi connectivity index (χ0n) is 15.2. The first kappa shape index (κ1) is 21.1. The SMILES string of the molecule is C=CC(=C)S(=O)(=O)NCc1cc(=O)c(OCc2ccccc2)c(C(=O)O)n1C. The second-order valence-corrected chi connectivity index (χ2v) is 7.63. The number of pyridine rings is 1. The number of carbonyl (C=O) groups is 1. The molecule has 0 saturated heterocycles. The van der Waals surface area contributed by atoms with Crippen molar-refractivity contribution in [2.45, 2.75) is 13.2 Å². The van der Waals surface area contributed by atoms with Gasteiger partial charge in [-0.1, -0.05) is 43.5 Å². The number of aromatic nitrogens is 1. The van der Waals surface area contributed by atoms with E-state index in [0.717, 1.165) is 17.7 Å². The average Bonchev–Trinajstić information content (AvgIpc) is 2.66. The van der Waals surface area contributed by atoms with Crippen LogP contribution in [0.4, 0.5) is 0 Å². The van der Waals surface area contributed by atoms with Crippen LogP contribution in [0.3, 0.4) is 0 Å². The van der Waals surface area contributed by atoms with Crippen LogP contribution in [0.15, 0.2) is 65.3 Å². The highest BCUT2D eigenvalue weighted by Gasteiger charge is 2.22. The van der Waals surface area contributed by atoms with Crippen molar-refractivity contribution < 1.29 is 23.1 Å². The molecule has 8 nitrogen and oxygen atoms in total. The smallest absolute Gasteiger partial charge is 0.356 e. The molecule has 0 fully saturated rings. The molecule has 28 heavy (non-hydrogen) atoms. The predicted molar refractivity (Wildman–Crippen MR) is 105 cm³/mol. The molecule has 0 aliphatic heterocycles. The van der Waals surface area contributed by atoms with E-state index < -0.39 is 21.4 Å². The summed E-state index contributed by atoms with van der Waals surface area (Å²) in [4.78, 5) is 23.9. The number of nitrogens with one attached hydrogen (secondary N) is 1. The number of carboxylic acid groups (broad SMARTS) is 1. The van der Waals surface area contributed by atoms with E-state index in [1.54, 1.807) is 24.3 Å². The Labute approximate surface area is 162 Å². The van der Waals surface area contributed by atoms with Gasteiger partial charge in [0.15, 0.2) is 11.4 Å². The molecule has 1 heterocycles. The molecule has 1 aromatic heterocycles. The van der Waals surface area contributed by atoms with Gasteiger partial charge in [0, 0.05) is 18.8 Å². The molecule has 1 aromatic carbocycles. The Morgan fingerprint density at radius 3 is 2.54 bits per heavy atom. The van der Waals surface area contributed by atoms with E-state index in [2.05, 4.69) is 17.9 Å². The number of ether oxygens (including phenoxy) is 1. The minimum atomic E-state index is -3.88. The number of hydrogen-bond donors (Lipinski definition) is 2. The van der Waals surface area contributed by atoms with E-state index >= 15 is 0 Å². The fourth-order valence-electron chi connectivity index (χ4n) is 2.38. The number of nitrogens with zero attached hydrogens (tertiary/aromatic N) is 1. The first-order valence-electron chi connectivity index (χ1n) is 8.11. The number of aromatic carboxylic acids is 1. The number of hydrogen-bond acceptors (Lipinski definition) is 5. The minimum absolute atomic E-state index is 0.0154. The second kappa shape index (κ2) is 8.68. The fraction of sp³-hybridized carbons (Fsp3) is 0.158. The third-order valence-corrected chi connectivity index (χ3v) is 5.33. The molecule has 0 amide bonds. The topological polar surface area (TPSA) is 115 Å². The number of carboxylic acids is 1. The van der Waals surface area contributed by atoms with Crippen LogP contribution in [0.25, 0.3) is 0 Å². The highest BCUT2D eigenvalue weighted by Crippen LogP contribution is 2.17. The molecule has 148 valence electrons. The highest BCUT2D eigenvalue weighted by molar-refractivity contribution is 7.93. The molecule has 0 bridgehead atoms. The highest BCUT2D eigenvalue weighted by atomic mass is 32.2. The van der Waals surface area contributed by atoms with E-state index in [9.17, 15) is 23.1 Å². The monoisotopic (exact) mass is 404 g/mol. The van der Waals surface area contributed by atoms with Crippen LogP contribution < -0.4 is 14.9 Å². The van der Waals surface area contributed by atoms with Gasteiger partial charge in [-0.3, -0.25) is 4.79 Å². The summed E-state index contributed by atoms with van der Waals surface area (Å²) in [5, 5.41) is 9.54. The van der Waals surface area contributed by atoms with Gasteiger partial charge in [-0.2, -0.15) is 0 Å². The first-order valence-corrected chi connectivity index (χ1v) is 9.59. The summed E-state index contributed by atoms with van der Waals surface area (Å²) in [5.41, 5.74) is -0.126. The average molecular weight is 404 g/mol. The van der Waals surface area contributed by atoms with E-state index in [-0.39, 0.29) is 35.2 Å². The fourth-order valence-corrected chi connectivity index (χ4v) is 3.12. The molecule has 2 N–H and O–H groups in total. The molecule has 0 saturated carbocycles. The molecule has 2 rings (SSSR count). The Morgan fingerprint density at radius 1 is 1.32 bits per heavy atom. The summed E-state index contributed by atoms with van der Waals surface area (Å²) in [7, 11) is -2.48. The van der Waals surface area contributed by atoms with Crippen molar-refractivity contribution in [1.82, 2.24) is 9.29 Å². The van der Waals surface area contributed by atoms with Gasteiger partial charge in [0.25, 0.3) is 0 Å². The first-order chi connectivity index (χ1) is 13.2. The lowest BCUT2D eigenvalue weighted by Gasteiger charge is -2.16. The largest absolute Gasteiger partial charge is 0.482 e. The summed E-state index contributed by atoms with van der Waals surface area (Å²) < 4.78 is 32.8. The van der Waals surface area contributed by atoms with Crippen molar-refractivity contribution in [2.24, 2.45) is 7.05 Å². The molecule has 0 aliphatic rings. The maximum Gasteiger partial charge on any atom is 0.356 e. The number of benzene rings is 1. The zero-order valence-corrected chi connectivity index (χ0v) is 16.0. The number of rotatable bonds is 9. The van der Waals surface area contributed by atoms with Crippen LogP contribution in [0, 0.1) is 0 Å². The Kier molecular flexibility index (Phi) is 6.55. The van der Waals surface area contributed by atoms with Crippen LogP contribution >= 0.6 is 0 Å². The van der Waals surface area contributed by atoms with Crippen LogP contribution in [0.2, 0.25) is 0 Å². The van der Waals surface area contributed by atoms with Gasteiger partial charge in [-0.05, 0) is 11.6 Å². The molecular formula is C19H20N2O6S. The lowest BCUT2D eigenvalue weighted by molar-refractivity contribution is 0.0678. The van der Waals surface area contributed by atoms with Gasteiger partial charge in [0.2, 0.25) is 15.5 Å². The maximum absolute atomic E-state index is 12.4. The van der Waals surface area contributed by atoms with E-state index in [4.69, 9.17) is 4.74 Å². The third kappa shape index (κ3) is 4.76. The third-order valence-electron chi connectivity index (χ3n) is 3.95. The van der Waals surface area contributed by atoms with Crippen LogP contribution in [-0.4, -0.2) is 24.1 Å². The lowest BCUT2D eigenvalue weighted by Crippen LogP contribution is -2.28. The van der Waals surface area contributed by atoms with Gasteiger partial charge < -0.3 is 14.4 Å². The summed E-state index contributed by atoms with van der Waals surface area (Å²) in [6, 6.07) is 10.1. The van der Waals surface area contributed by atoms with Crippen molar-refractivity contribution in [3.8, 4) is 5.75 Å². The Hall–Kier alpha value is -3.17. The Morgan fingerprint density at radius 2 is 1.96 bits per heavy atom. The number of sulfonamides is 1. The van der Waals surface area contributed by atoms with E-state index in [1.807, 2.05) is 6.07 Å². The van der Waals surface area contributed by atoms with Crippen LogP contribution in [0.5, 0.6) is 5.75 Å². The summed E-state index contributed by atoms with van der Waals surface area (Å²) in [6.45, 7) is 6.41. The quantitative estimate of drug-likeness (QED) is 0.616. The van der Waals surface area contributed by atoms with Crippen molar-refractivity contribution in [1.29, 1.82) is 0 Å². The summed E-state index contributed by atoms with van der Waals surface area (Å²) in [5.74, 6) is -1.69. The van der Waals surface area contributed by atoms with Gasteiger partial charge in [0.05, 0.1) is 11.4 Å². The predicted octanol–water partition coefficient (Wildman–Crippen LogP) is 1.78. The van der Waals surface area contributed by atoms with Gasteiger partial charge in [0.1, 0.15) is 6.61 Å². The van der Waals surface area contributed by atoms with Crippen LogP contribution in [-0.2, 0) is 30.2 Å². The van der Waals surface area contributed by atoms with Crippen molar-refractivity contribution in [2.75, 3.05) is 0 Å². The standard InChI is InChI=1S/C19H20N2O6S/c1-4-13(2)28(25,26)20-11-15-10-16(22)18(17(19(23)24)21(15)3)27-12-14-8-6-5-7-9-14/h4-10,20H,1-2,11-12H2,3H3,(H,23,24). The molecule has 0 unspecified atom stereocenters. The molecular weight excluding hydrogens is 384 g/mol.